The Morgan fingerprint density at radius 3 is 2.28 bits per heavy atom. The lowest BCUT2D eigenvalue weighted by molar-refractivity contribution is -0.132. The van der Waals surface area contributed by atoms with Gasteiger partial charge in [-0.1, -0.05) is 30.3 Å². The van der Waals surface area contributed by atoms with Crippen molar-refractivity contribution >= 4 is 5.91 Å². The van der Waals surface area contributed by atoms with Crippen molar-refractivity contribution in [2.45, 2.75) is 56.9 Å². The molecule has 4 nitrogen and oxygen atoms in total. The minimum atomic E-state index is 0.151. The van der Waals surface area contributed by atoms with E-state index in [-0.39, 0.29) is 5.54 Å². The Kier molecular flexibility index (Phi) is 6.04. The largest absolute Gasteiger partial charge is 0.342 e. The summed E-state index contributed by atoms with van der Waals surface area (Å²) in [5, 5.41) is 0. The first-order chi connectivity index (χ1) is 13.9. The SMILES string of the molecule is CN1CCC(CC(=O)N2CCC3(CCC(c4ccccc4)(N(C)C)CC3)C2)CC1. The van der Waals surface area contributed by atoms with Crippen LogP contribution < -0.4 is 0 Å². The first-order valence-electron chi connectivity index (χ1n) is 11.6. The summed E-state index contributed by atoms with van der Waals surface area (Å²) >= 11 is 0. The van der Waals surface area contributed by atoms with E-state index in [1.54, 1.807) is 0 Å². The third-order valence-electron chi connectivity index (χ3n) is 8.40. The third kappa shape index (κ3) is 4.25. The van der Waals surface area contributed by atoms with Crippen LogP contribution in [0.5, 0.6) is 0 Å². The van der Waals surface area contributed by atoms with Crippen molar-refractivity contribution in [2.24, 2.45) is 11.3 Å². The van der Waals surface area contributed by atoms with Gasteiger partial charge >= 0.3 is 0 Å². The smallest absolute Gasteiger partial charge is 0.222 e. The maximum Gasteiger partial charge on any atom is 0.222 e. The number of hydrogen-bond donors (Lipinski definition) is 0. The molecule has 0 bridgehead atoms. The molecular formula is C25H39N3O. The van der Waals surface area contributed by atoms with E-state index in [0.29, 0.717) is 17.2 Å². The van der Waals surface area contributed by atoms with Gasteiger partial charge in [-0.25, -0.2) is 0 Å². The molecule has 4 heteroatoms. The molecule has 1 aromatic carbocycles. The molecule has 0 atom stereocenters. The molecule has 1 aromatic rings. The molecule has 1 amide bonds. The van der Waals surface area contributed by atoms with Gasteiger partial charge < -0.3 is 9.80 Å². The molecule has 29 heavy (non-hydrogen) atoms. The average Bonchev–Trinajstić information content (AvgIpc) is 3.15. The van der Waals surface area contributed by atoms with Gasteiger partial charge in [0.15, 0.2) is 0 Å². The van der Waals surface area contributed by atoms with Crippen molar-refractivity contribution in [1.82, 2.24) is 14.7 Å². The second-order valence-electron chi connectivity index (χ2n) is 10.3. The van der Waals surface area contributed by atoms with Gasteiger partial charge in [-0.15, -0.1) is 0 Å². The minimum Gasteiger partial charge on any atom is -0.342 e. The first-order valence-corrected chi connectivity index (χ1v) is 11.6. The number of amides is 1. The summed E-state index contributed by atoms with van der Waals surface area (Å²) in [4.78, 5) is 20.0. The number of rotatable bonds is 4. The normalized spacial score (nSPS) is 31.7. The Bertz CT molecular complexity index is 685. The minimum absolute atomic E-state index is 0.151. The van der Waals surface area contributed by atoms with Gasteiger partial charge in [0.2, 0.25) is 5.91 Å². The maximum atomic E-state index is 13.0. The zero-order valence-corrected chi connectivity index (χ0v) is 18.7. The van der Waals surface area contributed by atoms with Crippen LogP contribution in [0.4, 0.5) is 0 Å². The van der Waals surface area contributed by atoms with Crippen molar-refractivity contribution in [2.75, 3.05) is 47.3 Å². The predicted molar refractivity (Wildman–Crippen MR) is 119 cm³/mol. The monoisotopic (exact) mass is 397 g/mol. The zero-order valence-electron chi connectivity index (χ0n) is 18.7. The summed E-state index contributed by atoms with van der Waals surface area (Å²) in [5.41, 5.74) is 1.96. The fraction of sp³-hybridized carbons (Fsp3) is 0.720. The third-order valence-corrected chi connectivity index (χ3v) is 8.40. The van der Waals surface area contributed by atoms with Crippen LogP contribution in [0.3, 0.4) is 0 Å². The molecule has 0 aromatic heterocycles. The van der Waals surface area contributed by atoms with Crippen LogP contribution in [0.1, 0.15) is 56.9 Å². The van der Waals surface area contributed by atoms with Crippen molar-refractivity contribution in [1.29, 1.82) is 0 Å². The highest BCUT2D eigenvalue weighted by atomic mass is 16.2. The Morgan fingerprint density at radius 1 is 1.00 bits per heavy atom. The van der Waals surface area contributed by atoms with Crippen LogP contribution in [0.25, 0.3) is 0 Å². The van der Waals surface area contributed by atoms with E-state index < -0.39 is 0 Å². The van der Waals surface area contributed by atoms with Gasteiger partial charge in [-0.05, 0) is 96.1 Å². The quantitative estimate of drug-likeness (QED) is 0.769. The number of carbonyl (C=O) groups is 1. The van der Waals surface area contributed by atoms with Crippen LogP contribution in [0.15, 0.2) is 30.3 Å². The van der Waals surface area contributed by atoms with E-state index in [4.69, 9.17) is 0 Å². The molecule has 3 aliphatic rings. The number of carbonyl (C=O) groups excluding carboxylic acids is 1. The Hall–Kier alpha value is -1.39. The number of piperidine rings is 1. The lowest BCUT2D eigenvalue weighted by Gasteiger charge is -2.49. The molecule has 0 N–H and O–H groups in total. The van der Waals surface area contributed by atoms with E-state index in [1.165, 1.54) is 50.5 Å². The number of hydrogen-bond acceptors (Lipinski definition) is 3. The topological polar surface area (TPSA) is 26.8 Å². The fourth-order valence-electron chi connectivity index (χ4n) is 6.13. The van der Waals surface area contributed by atoms with Crippen molar-refractivity contribution in [3.63, 3.8) is 0 Å². The van der Waals surface area contributed by atoms with E-state index in [9.17, 15) is 4.79 Å². The molecule has 3 fully saturated rings. The lowest BCUT2D eigenvalue weighted by atomic mass is 9.64. The molecule has 2 heterocycles. The van der Waals surface area contributed by atoms with Gasteiger partial charge in [0.05, 0.1) is 0 Å². The molecule has 0 unspecified atom stereocenters. The molecule has 1 aliphatic carbocycles. The second-order valence-corrected chi connectivity index (χ2v) is 10.3. The van der Waals surface area contributed by atoms with Crippen molar-refractivity contribution in [3.8, 4) is 0 Å². The molecule has 2 aliphatic heterocycles. The fourth-order valence-corrected chi connectivity index (χ4v) is 6.13. The molecule has 1 spiro atoms. The Balaban J connectivity index is 1.36. The molecule has 0 radical (unpaired) electrons. The van der Waals surface area contributed by atoms with E-state index in [0.717, 1.165) is 32.6 Å². The van der Waals surface area contributed by atoms with Gasteiger partial charge in [-0.3, -0.25) is 9.69 Å². The first kappa shape index (κ1) is 20.9. The maximum absolute atomic E-state index is 13.0. The molecule has 4 rings (SSSR count). The van der Waals surface area contributed by atoms with Crippen LogP contribution in [-0.2, 0) is 10.3 Å². The lowest BCUT2D eigenvalue weighted by Crippen LogP contribution is -2.47. The Morgan fingerprint density at radius 2 is 1.66 bits per heavy atom. The van der Waals surface area contributed by atoms with Crippen LogP contribution >= 0.6 is 0 Å². The van der Waals surface area contributed by atoms with Gasteiger partial charge in [0.25, 0.3) is 0 Å². The summed E-state index contributed by atoms with van der Waals surface area (Å²) in [7, 11) is 6.66. The van der Waals surface area contributed by atoms with Crippen LogP contribution in [-0.4, -0.2) is 67.9 Å². The summed E-state index contributed by atoms with van der Waals surface area (Å²) in [6, 6.07) is 11.0. The molecule has 1 saturated carbocycles. The summed E-state index contributed by atoms with van der Waals surface area (Å²) in [5.74, 6) is 1.02. The zero-order chi connectivity index (χ0) is 20.5. The van der Waals surface area contributed by atoms with Crippen molar-refractivity contribution < 1.29 is 4.79 Å². The highest BCUT2D eigenvalue weighted by Crippen LogP contribution is 2.51. The van der Waals surface area contributed by atoms with E-state index in [1.807, 2.05) is 0 Å². The average molecular weight is 398 g/mol. The standard InChI is InChI=1S/C25H39N3O/c1-26(2)25(22-7-5-4-6-8-22)13-11-24(12-14-25)15-18-28(20-24)23(29)19-21-9-16-27(3)17-10-21/h4-8,21H,9-20H2,1-3H3. The predicted octanol–water partition coefficient (Wildman–Crippen LogP) is 3.97. The highest BCUT2D eigenvalue weighted by molar-refractivity contribution is 5.76. The van der Waals surface area contributed by atoms with Crippen LogP contribution in [0.2, 0.25) is 0 Å². The molecular weight excluding hydrogens is 358 g/mol. The summed E-state index contributed by atoms with van der Waals surface area (Å²) in [6.07, 6.45) is 9.20. The van der Waals surface area contributed by atoms with Crippen molar-refractivity contribution in [3.05, 3.63) is 35.9 Å². The van der Waals surface area contributed by atoms with Gasteiger partial charge in [0.1, 0.15) is 0 Å². The number of nitrogens with zero attached hydrogens (tertiary/aromatic N) is 3. The Labute approximate surface area is 177 Å². The summed E-state index contributed by atoms with van der Waals surface area (Å²) < 4.78 is 0. The number of likely N-dealkylation sites (tertiary alicyclic amines) is 2. The van der Waals surface area contributed by atoms with E-state index in [2.05, 4.69) is 66.2 Å². The second kappa shape index (κ2) is 8.39. The van der Waals surface area contributed by atoms with Gasteiger partial charge in [0, 0.05) is 25.0 Å². The van der Waals surface area contributed by atoms with Gasteiger partial charge in [-0.2, -0.15) is 0 Å². The number of benzene rings is 1. The summed E-state index contributed by atoms with van der Waals surface area (Å²) in [6.45, 7) is 4.27. The molecule has 2 saturated heterocycles. The highest BCUT2D eigenvalue weighted by Gasteiger charge is 2.48. The van der Waals surface area contributed by atoms with Crippen LogP contribution in [0, 0.1) is 11.3 Å². The van der Waals surface area contributed by atoms with E-state index >= 15 is 0 Å². The molecule has 160 valence electrons.